The number of anilines is 1. The van der Waals surface area contributed by atoms with E-state index in [-0.39, 0.29) is 11.6 Å². The van der Waals surface area contributed by atoms with Crippen LogP contribution in [0.4, 0.5) is 5.82 Å². The van der Waals surface area contributed by atoms with Gasteiger partial charge in [-0.2, -0.15) is 5.10 Å². The summed E-state index contributed by atoms with van der Waals surface area (Å²) in [6, 6.07) is 9.09. The Labute approximate surface area is 214 Å². The Bertz CT molecular complexity index is 1400. The van der Waals surface area contributed by atoms with Gasteiger partial charge in [-0.25, -0.2) is 4.98 Å². The Hall–Kier alpha value is -4.34. The quantitative estimate of drug-likeness (QED) is 0.323. The maximum absolute atomic E-state index is 13.0. The van der Waals surface area contributed by atoms with E-state index >= 15 is 0 Å². The Morgan fingerprint density at radius 1 is 1.03 bits per heavy atom. The number of aromatic nitrogens is 4. The molecule has 0 aliphatic heterocycles. The van der Waals surface area contributed by atoms with Gasteiger partial charge in [-0.15, -0.1) is 0 Å². The molecule has 0 unspecified atom stereocenters. The molecule has 10 heteroatoms. The number of benzene rings is 1. The molecule has 0 radical (unpaired) electrons. The number of hydrogen-bond acceptors (Lipinski definition) is 8. The van der Waals surface area contributed by atoms with Crippen molar-refractivity contribution in [3.63, 3.8) is 0 Å². The van der Waals surface area contributed by atoms with Crippen molar-refractivity contribution in [2.45, 2.75) is 38.6 Å². The van der Waals surface area contributed by atoms with Crippen molar-refractivity contribution < 1.29 is 23.7 Å². The first-order chi connectivity index (χ1) is 18.1. The van der Waals surface area contributed by atoms with Crippen LogP contribution in [-0.2, 0) is 0 Å². The van der Waals surface area contributed by atoms with Crippen LogP contribution in [0.25, 0.3) is 10.9 Å². The van der Waals surface area contributed by atoms with Crippen LogP contribution in [0, 0.1) is 0 Å². The first-order valence-corrected chi connectivity index (χ1v) is 12.3. The maximum Gasteiger partial charge on any atom is 0.281 e. The first-order valence-electron chi connectivity index (χ1n) is 12.3. The summed E-state index contributed by atoms with van der Waals surface area (Å²) >= 11 is 0. The average molecular weight is 504 g/mol. The number of pyridine rings is 2. The zero-order valence-corrected chi connectivity index (χ0v) is 21.1. The molecule has 3 aromatic heterocycles. The van der Waals surface area contributed by atoms with E-state index < -0.39 is 0 Å². The molecule has 0 atom stereocenters. The highest BCUT2D eigenvalue weighted by molar-refractivity contribution is 6.04. The van der Waals surface area contributed by atoms with E-state index in [1.165, 1.54) is 12.8 Å². The van der Waals surface area contributed by atoms with E-state index in [4.69, 9.17) is 18.9 Å². The van der Waals surface area contributed by atoms with E-state index in [9.17, 15) is 4.79 Å². The van der Waals surface area contributed by atoms with Gasteiger partial charge in [-0.05, 0) is 44.0 Å². The molecule has 1 aromatic carbocycles. The Balaban J connectivity index is 1.32. The lowest BCUT2D eigenvalue weighted by atomic mass is 10.2. The van der Waals surface area contributed by atoms with Gasteiger partial charge < -0.3 is 24.3 Å². The summed E-state index contributed by atoms with van der Waals surface area (Å²) in [6.07, 6.45) is 9.49. The molecule has 0 bridgehead atoms. The number of ether oxygens (including phenoxy) is 4. The van der Waals surface area contributed by atoms with Crippen LogP contribution >= 0.6 is 0 Å². The van der Waals surface area contributed by atoms with Gasteiger partial charge in [-0.3, -0.25) is 14.5 Å². The van der Waals surface area contributed by atoms with Crippen LogP contribution in [-0.4, -0.2) is 46.5 Å². The Kier molecular flexibility index (Phi) is 7.07. The average Bonchev–Trinajstić information content (AvgIpc) is 3.60. The first kappa shape index (κ1) is 24.4. The predicted octanol–water partition coefficient (Wildman–Crippen LogP) is 5.40. The molecule has 1 N–H and O–H groups in total. The smallest absolute Gasteiger partial charge is 0.281 e. The second-order valence-electron chi connectivity index (χ2n) is 8.66. The Morgan fingerprint density at radius 3 is 2.51 bits per heavy atom. The number of amides is 1. The van der Waals surface area contributed by atoms with Crippen molar-refractivity contribution in [3.8, 4) is 28.7 Å². The van der Waals surface area contributed by atoms with Crippen molar-refractivity contribution >= 4 is 22.6 Å². The van der Waals surface area contributed by atoms with Crippen LogP contribution in [0.15, 0.2) is 48.9 Å². The van der Waals surface area contributed by atoms with Crippen LogP contribution in [0.5, 0.6) is 28.7 Å². The molecule has 5 rings (SSSR count). The summed E-state index contributed by atoms with van der Waals surface area (Å²) < 4.78 is 24.4. The fourth-order valence-corrected chi connectivity index (χ4v) is 4.50. The van der Waals surface area contributed by atoms with Crippen molar-refractivity contribution in [1.29, 1.82) is 0 Å². The van der Waals surface area contributed by atoms with Gasteiger partial charge in [0.1, 0.15) is 17.3 Å². The highest BCUT2D eigenvalue weighted by atomic mass is 16.5. The number of hydrogen-bond donors (Lipinski definition) is 1. The molecule has 1 amide bonds. The SMILES string of the molecule is CCOc1cn(C2CCCC2)nc1C(=O)Nc1ccc(Oc2ccnc3cc(OC)c(OC)cc23)cn1. The summed E-state index contributed by atoms with van der Waals surface area (Å²) in [7, 11) is 3.16. The summed E-state index contributed by atoms with van der Waals surface area (Å²) in [5.41, 5.74) is 0.956. The number of carbonyl (C=O) groups is 1. The number of carbonyl (C=O) groups excluding carboxylic acids is 1. The highest BCUT2D eigenvalue weighted by Gasteiger charge is 2.24. The molecule has 10 nitrogen and oxygen atoms in total. The zero-order chi connectivity index (χ0) is 25.8. The lowest BCUT2D eigenvalue weighted by Gasteiger charge is -2.12. The summed E-state index contributed by atoms with van der Waals surface area (Å²) in [5, 5.41) is 8.11. The molecular formula is C27H29N5O5. The monoisotopic (exact) mass is 503 g/mol. The fraction of sp³-hybridized carbons (Fsp3) is 0.333. The minimum Gasteiger partial charge on any atom is -0.493 e. The molecule has 1 aliphatic rings. The minimum absolute atomic E-state index is 0.253. The molecule has 192 valence electrons. The normalized spacial score (nSPS) is 13.5. The summed E-state index contributed by atoms with van der Waals surface area (Å²) in [4.78, 5) is 21.7. The molecule has 37 heavy (non-hydrogen) atoms. The third-order valence-corrected chi connectivity index (χ3v) is 6.32. The van der Waals surface area contributed by atoms with Crippen molar-refractivity contribution in [2.24, 2.45) is 0 Å². The molecule has 0 saturated heterocycles. The van der Waals surface area contributed by atoms with Gasteiger partial charge in [-0.1, -0.05) is 12.8 Å². The van der Waals surface area contributed by atoms with Crippen molar-refractivity contribution in [2.75, 3.05) is 26.1 Å². The molecule has 4 aromatic rings. The number of nitrogens with zero attached hydrogens (tertiary/aromatic N) is 4. The van der Waals surface area contributed by atoms with E-state index in [2.05, 4.69) is 20.4 Å². The Morgan fingerprint density at radius 2 is 1.81 bits per heavy atom. The third-order valence-electron chi connectivity index (χ3n) is 6.32. The van der Waals surface area contributed by atoms with Gasteiger partial charge in [0, 0.05) is 17.6 Å². The lowest BCUT2D eigenvalue weighted by molar-refractivity contribution is 0.101. The minimum atomic E-state index is -0.373. The topological polar surface area (TPSA) is 110 Å². The van der Waals surface area contributed by atoms with E-state index in [0.717, 1.165) is 18.2 Å². The standard InChI is InChI=1S/C27H29N5O5/c1-4-36-24-16-32(17-7-5-6-8-17)31-26(24)27(33)30-25-10-9-18(15-29-25)37-21-11-12-28-20-14-23(35-3)22(34-2)13-19(20)21/h9-17H,4-8H2,1-3H3,(H,29,30,33). The summed E-state index contributed by atoms with van der Waals surface area (Å²) in [6.45, 7) is 2.33. The molecule has 3 heterocycles. The van der Waals surface area contributed by atoms with E-state index in [0.29, 0.717) is 52.7 Å². The highest BCUT2D eigenvalue weighted by Crippen LogP contribution is 2.37. The van der Waals surface area contributed by atoms with Crippen LogP contribution < -0.4 is 24.3 Å². The molecule has 1 aliphatic carbocycles. The van der Waals surface area contributed by atoms with Crippen LogP contribution in [0.3, 0.4) is 0 Å². The molecular weight excluding hydrogens is 474 g/mol. The van der Waals surface area contributed by atoms with E-state index in [1.807, 2.05) is 23.9 Å². The summed E-state index contributed by atoms with van der Waals surface area (Å²) in [5.74, 6) is 2.73. The molecule has 0 spiro atoms. The fourth-order valence-electron chi connectivity index (χ4n) is 4.50. The van der Waals surface area contributed by atoms with Gasteiger partial charge in [0.25, 0.3) is 5.91 Å². The molecule has 1 saturated carbocycles. The zero-order valence-electron chi connectivity index (χ0n) is 21.1. The number of nitrogens with one attached hydrogen (secondary N) is 1. The lowest BCUT2D eigenvalue weighted by Crippen LogP contribution is -2.16. The number of rotatable bonds is 9. The van der Waals surface area contributed by atoms with Crippen LogP contribution in [0.2, 0.25) is 0 Å². The predicted molar refractivity (Wildman–Crippen MR) is 138 cm³/mol. The second kappa shape index (κ2) is 10.7. The van der Waals surface area contributed by atoms with Crippen LogP contribution in [0.1, 0.15) is 49.1 Å². The van der Waals surface area contributed by atoms with Crippen molar-refractivity contribution in [3.05, 3.63) is 54.6 Å². The number of fused-ring (bicyclic) bond motifs is 1. The largest absolute Gasteiger partial charge is 0.493 e. The third kappa shape index (κ3) is 5.13. The van der Waals surface area contributed by atoms with Gasteiger partial charge in [0.05, 0.1) is 44.8 Å². The van der Waals surface area contributed by atoms with E-state index in [1.54, 1.807) is 50.9 Å². The molecule has 1 fully saturated rings. The second-order valence-corrected chi connectivity index (χ2v) is 8.66. The maximum atomic E-state index is 13.0. The van der Waals surface area contributed by atoms with Gasteiger partial charge in [0.15, 0.2) is 22.9 Å². The van der Waals surface area contributed by atoms with Gasteiger partial charge in [0.2, 0.25) is 0 Å². The number of methoxy groups -OCH3 is 2. The van der Waals surface area contributed by atoms with Gasteiger partial charge >= 0.3 is 0 Å². The van der Waals surface area contributed by atoms with Crippen molar-refractivity contribution in [1.82, 2.24) is 19.7 Å².